The molecule has 2 nitrogen and oxygen atoms in total. The average Bonchev–Trinajstić information content (AvgIpc) is 2.27. The minimum atomic E-state index is -4.46. The van der Waals surface area contributed by atoms with Crippen LogP contribution in [-0.2, 0) is 6.18 Å². The van der Waals surface area contributed by atoms with Crippen molar-refractivity contribution in [2.45, 2.75) is 31.0 Å². The van der Waals surface area contributed by atoms with Crippen molar-refractivity contribution in [3.8, 4) is 0 Å². The second-order valence-corrected chi connectivity index (χ2v) is 4.29. The molecule has 0 aromatic carbocycles. The monoisotopic (exact) mass is 302 g/mol. The largest absolute Gasteiger partial charge is 0.417 e. The van der Waals surface area contributed by atoms with E-state index in [1.807, 2.05) is 0 Å². The third kappa shape index (κ3) is 4.01. The van der Waals surface area contributed by atoms with Crippen LogP contribution in [0.5, 0.6) is 0 Å². The number of piperidine rings is 1. The summed E-state index contributed by atoms with van der Waals surface area (Å²) in [6.45, 7) is 0.125. The number of alkyl halides is 5. The fourth-order valence-electron chi connectivity index (χ4n) is 1.89. The minimum absolute atomic E-state index is 0. The van der Waals surface area contributed by atoms with E-state index < -0.39 is 30.1 Å². The predicted octanol–water partition coefficient (Wildman–Crippen LogP) is 3.58. The molecule has 19 heavy (non-hydrogen) atoms. The number of hydrogen-bond acceptors (Lipinski definition) is 2. The van der Waals surface area contributed by atoms with E-state index in [-0.39, 0.29) is 31.1 Å². The van der Waals surface area contributed by atoms with Crippen LogP contribution in [0.4, 0.5) is 22.0 Å². The highest BCUT2D eigenvalue weighted by Gasteiger charge is 2.37. The number of rotatable bonds is 1. The molecule has 8 heteroatoms. The summed E-state index contributed by atoms with van der Waals surface area (Å²) >= 11 is 0. The van der Waals surface area contributed by atoms with Crippen molar-refractivity contribution < 1.29 is 22.0 Å². The maximum atomic E-state index is 13.2. The predicted molar refractivity (Wildman–Crippen MR) is 61.4 cm³/mol. The number of halogens is 6. The Labute approximate surface area is 112 Å². The Morgan fingerprint density at radius 1 is 1.26 bits per heavy atom. The first-order valence-corrected chi connectivity index (χ1v) is 5.42. The molecule has 0 bridgehead atoms. The van der Waals surface area contributed by atoms with Gasteiger partial charge in [-0.3, -0.25) is 4.98 Å². The number of aromatic nitrogens is 1. The van der Waals surface area contributed by atoms with Crippen molar-refractivity contribution in [2.75, 3.05) is 6.54 Å². The smallest absolute Gasteiger partial charge is 0.308 e. The van der Waals surface area contributed by atoms with E-state index in [9.17, 15) is 22.0 Å². The zero-order chi connectivity index (χ0) is 13.4. The second kappa shape index (κ2) is 5.58. The molecule has 1 aliphatic rings. The van der Waals surface area contributed by atoms with Gasteiger partial charge in [-0.25, -0.2) is 8.78 Å². The van der Waals surface area contributed by atoms with Crippen LogP contribution in [0, 0.1) is 0 Å². The van der Waals surface area contributed by atoms with Crippen molar-refractivity contribution in [3.63, 3.8) is 0 Å². The maximum Gasteiger partial charge on any atom is 0.417 e. The average molecular weight is 303 g/mol. The Morgan fingerprint density at radius 3 is 2.42 bits per heavy atom. The van der Waals surface area contributed by atoms with E-state index in [4.69, 9.17) is 0 Å². The summed E-state index contributed by atoms with van der Waals surface area (Å²) in [4.78, 5) is 3.62. The third-order valence-electron chi connectivity index (χ3n) is 2.85. The van der Waals surface area contributed by atoms with Gasteiger partial charge in [0.15, 0.2) is 0 Å². The van der Waals surface area contributed by atoms with Gasteiger partial charge >= 0.3 is 6.18 Å². The Morgan fingerprint density at radius 2 is 1.95 bits per heavy atom. The minimum Gasteiger partial charge on any atom is -0.308 e. The standard InChI is InChI=1S/C11H11F5N2.ClH/c12-10(13)3-4-17-9(5-10)8-2-1-7(6-18-8)11(14,15)16;/h1-2,6,9,17H,3-5H2;1H. The van der Waals surface area contributed by atoms with Gasteiger partial charge in [0.05, 0.1) is 17.3 Å². The summed E-state index contributed by atoms with van der Waals surface area (Å²) in [5, 5.41) is 2.83. The van der Waals surface area contributed by atoms with Gasteiger partial charge in [-0.05, 0) is 12.1 Å². The fraction of sp³-hybridized carbons (Fsp3) is 0.545. The van der Waals surface area contributed by atoms with Crippen LogP contribution in [0.3, 0.4) is 0 Å². The number of nitrogens with one attached hydrogen (secondary N) is 1. The summed E-state index contributed by atoms with van der Waals surface area (Å²) in [5.41, 5.74) is -0.670. The van der Waals surface area contributed by atoms with E-state index >= 15 is 0 Å². The highest BCUT2D eigenvalue weighted by molar-refractivity contribution is 5.85. The number of pyridine rings is 1. The van der Waals surface area contributed by atoms with Crippen molar-refractivity contribution in [1.82, 2.24) is 10.3 Å². The van der Waals surface area contributed by atoms with Crippen LogP contribution in [0.25, 0.3) is 0 Å². The van der Waals surface area contributed by atoms with Gasteiger partial charge in [-0.2, -0.15) is 13.2 Å². The molecule has 1 saturated heterocycles. The van der Waals surface area contributed by atoms with E-state index in [2.05, 4.69) is 10.3 Å². The summed E-state index contributed by atoms with van der Waals surface area (Å²) in [7, 11) is 0. The van der Waals surface area contributed by atoms with Crippen LogP contribution in [-0.4, -0.2) is 17.5 Å². The highest BCUT2D eigenvalue weighted by Crippen LogP contribution is 2.34. The molecule has 0 saturated carbocycles. The van der Waals surface area contributed by atoms with Gasteiger partial charge < -0.3 is 5.32 Å². The molecule has 1 aliphatic heterocycles. The van der Waals surface area contributed by atoms with Gasteiger partial charge in [-0.1, -0.05) is 0 Å². The summed E-state index contributed by atoms with van der Waals surface area (Å²) in [6.07, 6.45) is -4.49. The molecule has 1 aromatic heterocycles. The lowest BCUT2D eigenvalue weighted by atomic mass is 9.98. The van der Waals surface area contributed by atoms with Gasteiger partial charge in [0, 0.05) is 25.6 Å². The molecule has 0 radical (unpaired) electrons. The SMILES string of the molecule is Cl.FC1(F)CCNC(c2ccc(C(F)(F)F)cn2)C1. The molecular formula is C11H12ClF5N2. The van der Waals surface area contributed by atoms with E-state index in [0.717, 1.165) is 12.1 Å². The quantitative estimate of drug-likeness (QED) is 0.802. The molecule has 0 spiro atoms. The van der Waals surface area contributed by atoms with E-state index in [0.29, 0.717) is 6.20 Å². The molecule has 1 atom stereocenters. The Bertz CT molecular complexity index is 418. The zero-order valence-corrected chi connectivity index (χ0v) is 10.5. The van der Waals surface area contributed by atoms with Crippen LogP contribution >= 0.6 is 12.4 Å². The summed E-state index contributed by atoms with van der Waals surface area (Å²) in [6, 6.07) is 1.30. The second-order valence-electron chi connectivity index (χ2n) is 4.29. The van der Waals surface area contributed by atoms with Crippen molar-refractivity contribution in [3.05, 3.63) is 29.6 Å². The molecule has 2 heterocycles. The first-order chi connectivity index (χ1) is 8.28. The molecule has 0 aliphatic carbocycles. The fourth-order valence-corrected chi connectivity index (χ4v) is 1.89. The van der Waals surface area contributed by atoms with Gasteiger partial charge in [-0.15, -0.1) is 12.4 Å². The third-order valence-corrected chi connectivity index (χ3v) is 2.85. The summed E-state index contributed by atoms with van der Waals surface area (Å²) < 4.78 is 63.2. The summed E-state index contributed by atoms with van der Waals surface area (Å²) in [5.74, 6) is -2.79. The van der Waals surface area contributed by atoms with Crippen LogP contribution in [0.1, 0.15) is 30.1 Å². The zero-order valence-electron chi connectivity index (χ0n) is 9.68. The van der Waals surface area contributed by atoms with Crippen LogP contribution in [0.2, 0.25) is 0 Å². The lowest BCUT2D eigenvalue weighted by molar-refractivity contribution is -0.137. The van der Waals surface area contributed by atoms with Crippen LogP contribution in [0.15, 0.2) is 18.3 Å². The first kappa shape index (κ1) is 16.1. The lowest BCUT2D eigenvalue weighted by Crippen LogP contribution is -2.38. The van der Waals surface area contributed by atoms with Gasteiger partial charge in [0.1, 0.15) is 0 Å². The van der Waals surface area contributed by atoms with Crippen molar-refractivity contribution in [2.24, 2.45) is 0 Å². The van der Waals surface area contributed by atoms with Gasteiger partial charge in [0.2, 0.25) is 0 Å². The molecule has 1 unspecified atom stereocenters. The molecule has 108 valence electrons. The molecule has 1 N–H and O–H groups in total. The molecule has 2 rings (SSSR count). The van der Waals surface area contributed by atoms with Crippen LogP contribution < -0.4 is 5.32 Å². The molecule has 1 aromatic rings. The van der Waals surface area contributed by atoms with Crippen molar-refractivity contribution >= 4 is 12.4 Å². The Hall–Kier alpha value is -0.950. The molecule has 0 amide bonds. The number of hydrogen-bond donors (Lipinski definition) is 1. The topological polar surface area (TPSA) is 24.9 Å². The van der Waals surface area contributed by atoms with E-state index in [1.165, 1.54) is 0 Å². The molecular weight excluding hydrogens is 291 g/mol. The molecule has 1 fully saturated rings. The number of nitrogens with zero attached hydrogens (tertiary/aromatic N) is 1. The first-order valence-electron chi connectivity index (χ1n) is 5.42. The van der Waals surface area contributed by atoms with Crippen molar-refractivity contribution in [1.29, 1.82) is 0 Å². The lowest BCUT2D eigenvalue weighted by Gasteiger charge is -2.29. The highest BCUT2D eigenvalue weighted by atomic mass is 35.5. The Balaban J connectivity index is 0.00000180. The maximum absolute atomic E-state index is 13.2. The van der Waals surface area contributed by atoms with E-state index in [1.54, 1.807) is 0 Å². The normalized spacial score (nSPS) is 22.7. The van der Waals surface area contributed by atoms with Gasteiger partial charge in [0.25, 0.3) is 5.92 Å². The Kier molecular flexibility index (Phi) is 4.73.